The molecule has 1 aromatic heterocycles. The predicted molar refractivity (Wildman–Crippen MR) is 75.9 cm³/mol. The first-order valence-electron chi connectivity index (χ1n) is 6.60. The molecule has 0 amide bonds. The third-order valence-corrected chi connectivity index (χ3v) is 3.43. The molecule has 1 N–H and O–H groups in total. The first-order chi connectivity index (χ1) is 9.38. The first-order valence-corrected chi connectivity index (χ1v) is 6.60. The van der Waals surface area contributed by atoms with Crippen molar-refractivity contribution in [2.45, 2.75) is 25.5 Å². The standard InChI is InChI=1S/C13H20N4O3/c1-9-4-5-12(17(19)20)13(14-9)16-8-11(18)6-10(16)7-15(2)3/h4-5,10-11,18H,6-8H2,1-3H3. The molecule has 0 aromatic carbocycles. The van der Waals surface area contributed by atoms with Gasteiger partial charge in [-0.1, -0.05) is 0 Å². The number of aliphatic hydroxyl groups is 1. The van der Waals surface area contributed by atoms with Gasteiger partial charge in [-0.25, -0.2) is 4.98 Å². The molecule has 110 valence electrons. The molecule has 1 aliphatic heterocycles. The fourth-order valence-electron chi connectivity index (χ4n) is 2.64. The van der Waals surface area contributed by atoms with Crippen LogP contribution in [0.4, 0.5) is 11.5 Å². The van der Waals surface area contributed by atoms with E-state index in [-0.39, 0.29) is 11.7 Å². The molecule has 2 rings (SSSR count). The number of anilines is 1. The predicted octanol–water partition coefficient (Wildman–Crippen LogP) is 0.799. The van der Waals surface area contributed by atoms with Crippen LogP contribution >= 0.6 is 0 Å². The van der Waals surface area contributed by atoms with Crippen LogP contribution in [0.25, 0.3) is 0 Å². The SMILES string of the molecule is Cc1ccc([N+](=O)[O-])c(N2CC(O)CC2CN(C)C)n1. The van der Waals surface area contributed by atoms with Crippen molar-refractivity contribution >= 4 is 11.5 Å². The fraction of sp³-hybridized carbons (Fsp3) is 0.615. The Bertz CT molecular complexity index is 506. The number of likely N-dealkylation sites (N-methyl/N-ethyl adjacent to an activating group) is 1. The zero-order valence-corrected chi connectivity index (χ0v) is 12.0. The van der Waals surface area contributed by atoms with Crippen molar-refractivity contribution < 1.29 is 10.0 Å². The maximum Gasteiger partial charge on any atom is 0.311 e. The van der Waals surface area contributed by atoms with E-state index in [0.717, 1.165) is 12.2 Å². The summed E-state index contributed by atoms with van der Waals surface area (Å²) >= 11 is 0. The summed E-state index contributed by atoms with van der Waals surface area (Å²) in [4.78, 5) is 18.9. The Hall–Kier alpha value is -1.73. The quantitative estimate of drug-likeness (QED) is 0.649. The van der Waals surface area contributed by atoms with Gasteiger partial charge in [0.25, 0.3) is 0 Å². The lowest BCUT2D eigenvalue weighted by Crippen LogP contribution is -2.38. The van der Waals surface area contributed by atoms with Crippen molar-refractivity contribution in [3.63, 3.8) is 0 Å². The maximum absolute atomic E-state index is 11.2. The molecule has 1 saturated heterocycles. The average molecular weight is 280 g/mol. The monoisotopic (exact) mass is 280 g/mol. The normalized spacial score (nSPS) is 22.6. The fourth-order valence-corrected chi connectivity index (χ4v) is 2.64. The molecule has 20 heavy (non-hydrogen) atoms. The number of nitrogens with zero attached hydrogens (tertiary/aromatic N) is 4. The first kappa shape index (κ1) is 14.7. The van der Waals surface area contributed by atoms with Crippen molar-refractivity contribution in [2.75, 3.05) is 32.1 Å². The summed E-state index contributed by atoms with van der Waals surface area (Å²) in [6.45, 7) is 2.92. The van der Waals surface area contributed by atoms with Gasteiger partial charge in [0, 0.05) is 30.9 Å². The number of rotatable bonds is 4. The number of hydrogen-bond donors (Lipinski definition) is 1. The maximum atomic E-state index is 11.2. The van der Waals surface area contributed by atoms with E-state index in [1.54, 1.807) is 13.0 Å². The van der Waals surface area contributed by atoms with Crippen molar-refractivity contribution in [1.29, 1.82) is 0 Å². The summed E-state index contributed by atoms with van der Waals surface area (Å²) in [6, 6.07) is 3.15. The summed E-state index contributed by atoms with van der Waals surface area (Å²) in [5.74, 6) is 0.360. The summed E-state index contributed by atoms with van der Waals surface area (Å²) in [5, 5.41) is 21.1. The van der Waals surface area contributed by atoms with E-state index in [1.807, 2.05) is 23.9 Å². The molecule has 2 heterocycles. The van der Waals surface area contributed by atoms with Crippen LogP contribution in [0.15, 0.2) is 12.1 Å². The number of hydrogen-bond acceptors (Lipinski definition) is 6. The van der Waals surface area contributed by atoms with Crippen LogP contribution in [-0.4, -0.2) is 59.2 Å². The number of nitro groups is 1. The molecule has 0 saturated carbocycles. The number of aryl methyl sites for hydroxylation is 1. The molecule has 1 aromatic rings. The highest BCUT2D eigenvalue weighted by Crippen LogP contribution is 2.32. The number of β-amino-alcohol motifs (C(OH)–C–C–N with tert-alkyl or cyclic N) is 1. The lowest BCUT2D eigenvalue weighted by atomic mass is 10.2. The highest BCUT2D eigenvalue weighted by Gasteiger charge is 2.35. The lowest BCUT2D eigenvalue weighted by Gasteiger charge is -2.27. The smallest absolute Gasteiger partial charge is 0.311 e. The Kier molecular flexibility index (Phi) is 4.20. The van der Waals surface area contributed by atoms with Crippen LogP contribution in [0, 0.1) is 17.0 Å². The third-order valence-electron chi connectivity index (χ3n) is 3.43. The summed E-state index contributed by atoms with van der Waals surface area (Å²) in [6.07, 6.45) is 0.132. The van der Waals surface area contributed by atoms with Gasteiger partial charge in [-0.05, 0) is 33.5 Å². The highest BCUT2D eigenvalue weighted by molar-refractivity contribution is 5.59. The van der Waals surface area contributed by atoms with Crippen molar-refractivity contribution in [3.05, 3.63) is 27.9 Å². The van der Waals surface area contributed by atoms with Crippen LogP contribution < -0.4 is 4.90 Å². The number of aliphatic hydroxyl groups excluding tert-OH is 1. The molecule has 1 fully saturated rings. The Morgan fingerprint density at radius 3 is 2.85 bits per heavy atom. The zero-order valence-electron chi connectivity index (χ0n) is 12.0. The van der Waals surface area contributed by atoms with Gasteiger partial charge in [0.1, 0.15) is 0 Å². The van der Waals surface area contributed by atoms with E-state index >= 15 is 0 Å². The minimum Gasteiger partial charge on any atom is -0.391 e. The van der Waals surface area contributed by atoms with Gasteiger partial charge in [-0.2, -0.15) is 0 Å². The van der Waals surface area contributed by atoms with Gasteiger partial charge >= 0.3 is 5.69 Å². The molecule has 2 atom stereocenters. The van der Waals surface area contributed by atoms with Crippen LogP contribution in [0.1, 0.15) is 12.1 Å². The summed E-state index contributed by atoms with van der Waals surface area (Å²) < 4.78 is 0. The van der Waals surface area contributed by atoms with E-state index in [1.165, 1.54) is 6.07 Å². The van der Waals surface area contributed by atoms with Gasteiger partial charge in [-0.15, -0.1) is 0 Å². The summed E-state index contributed by atoms with van der Waals surface area (Å²) in [5.41, 5.74) is 0.726. The second kappa shape index (κ2) is 5.72. The van der Waals surface area contributed by atoms with Crippen LogP contribution in [-0.2, 0) is 0 Å². The molecule has 0 bridgehead atoms. The van der Waals surface area contributed by atoms with Gasteiger partial charge < -0.3 is 14.9 Å². The lowest BCUT2D eigenvalue weighted by molar-refractivity contribution is -0.384. The third kappa shape index (κ3) is 3.05. The van der Waals surface area contributed by atoms with E-state index in [0.29, 0.717) is 18.8 Å². The second-order valence-electron chi connectivity index (χ2n) is 5.51. The van der Waals surface area contributed by atoms with Gasteiger partial charge in [0.15, 0.2) is 0 Å². The Morgan fingerprint density at radius 1 is 1.55 bits per heavy atom. The van der Waals surface area contributed by atoms with E-state index in [9.17, 15) is 15.2 Å². The number of pyridine rings is 1. The molecular formula is C13H20N4O3. The molecule has 2 unspecified atom stereocenters. The second-order valence-corrected chi connectivity index (χ2v) is 5.51. The van der Waals surface area contributed by atoms with Crippen molar-refractivity contribution in [2.24, 2.45) is 0 Å². The van der Waals surface area contributed by atoms with E-state index in [4.69, 9.17) is 0 Å². The van der Waals surface area contributed by atoms with Crippen LogP contribution in [0.5, 0.6) is 0 Å². The van der Waals surface area contributed by atoms with Crippen molar-refractivity contribution in [1.82, 2.24) is 9.88 Å². The Labute approximate surface area is 118 Å². The van der Waals surface area contributed by atoms with Gasteiger partial charge in [-0.3, -0.25) is 10.1 Å². The van der Waals surface area contributed by atoms with Crippen LogP contribution in [0.3, 0.4) is 0 Å². The van der Waals surface area contributed by atoms with Crippen molar-refractivity contribution in [3.8, 4) is 0 Å². The summed E-state index contributed by atoms with van der Waals surface area (Å²) in [7, 11) is 3.89. The van der Waals surface area contributed by atoms with E-state index < -0.39 is 11.0 Å². The minimum absolute atomic E-state index is 0.00606. The minimum atomic E-state index is -0.470. The topological polar surface area (TPSA) is 82.7 Å². The molecule has 7 nitrogen and oxygen atoms in total. The molecular weight excluding hydrogens is 260 g/mol. The molecule has 0 aliphatic carbocycles. The Morgan fingerprint density at radius 2 is 2.25 bits per heavy atom. The average Bonchev–Trinajstić information content (AvgIpc) is 2.68. The van der Waals surface area contributed by atoms with Gasteiger partial charge in [0.2, 0.25) is 5.82 Å². The zero-order chi connectivity index (χ0) is 14.9. The Balaban J connectivity index is 2.37. The molecule has 0 spiro atoms. The highest BCUT2D eigenvalue weighted by atomic mass is 16.6. The number of aromatic nitrogens is 1. The van der Waals surface area contributed by atoms with E-state index in [2.05, 4.69) is 4.98 Å². The molecule has 0 radical (unpaired) electrons. The molecule has 7 heteroatoms. The largest absolute Gasteiger partial charge is 0.391 e. The molecule has 1 aliphatic rings. The van der Waals surface area contributed by atoms with Crippen LogP contribution in [0.2, 0.25) is 0 Å². The van der Waals surface area contributed by atoms with Gasteiger partial charge in [0.05, 0.1) is 11.0 Å².